The number of hydrogen-bond acceptors (Lipinski definition) is 2. The van der Waals surface area contributed by atoms with Gasteiger partial charge < -0.3 is 4.74 Å². The molecule has 0 atom stereocenters. The van der Waals surface area contributed by atoms with Gasteiger partial charge in [0.1, 0.15) is 0 Å². The van der Waals surface area contributed by atoms with Crippen LogP contribution in [0.3, 0.4) is 0 Å². The van der Waals surface area contributed by atoms with E-state index in [0.29, 0.717) is 13.0 Å². The Kier molecular flexibility index (Phi) is 2.49. The number of rotatable bonds is 0. The molecule has 0 saturated carbocycles. The minimum Gasteiger partial charge on any atom is -0.465 e. The average molecular weight is 140 g/mol. The predicted molar refractivity (Wildman–Crippen MR) is 38.6 cm³/mol. The SMILES string of the molecule is C/C=C1/CCCOC(=O)C1. The van der Waals surface area contributed by atoms with Crippen LogP contribution < -0.4 is 0 Å². The fourth-order valence-corrected chi connectivity index (χ4v) is 1.06. The first-order valence-corrected chi connectivity index (χ1v) is 3.62. The van der Waals surface area contributed by atoms with Gasteiger partial charge in [0, 0.05) is 0 Å². The first-order valence-electron chi connectivity index (χ1n) is 3.62. The normalized spacial score (nSPS) is 24.1. The average Bonchev–Trinajstić information content (AvgIpc) is 2.13. The summed E-state index contributed by atoms with van der Waals surface area (Å²) in [4.78, 5) is 10.8. The highest BCUT2D eigenvalue weighted by Gasteiger charge is 2.10. The fourth-order valence-electron chi connectivity index (χ4n) is 1.06. The summed E-state index contributed by atoms with van der Waals surface area (Å²) in [6, 6.07) is 0. The second kappa shape index (κ2) is 3.40. The second-order valence-electron chi connectivity index (χ2n) is 2.45. The Morgan fingerprint density at radius 2 is 2.40 bits per heavy atom. The molecule has 1 saturated heterocycles. The van der Waals surface area contributed by atoms with E-state index in [1.807, 2.05) is 13.0 Å². The lowest BCUT2D eigenvalue weighted by Gasteiger charge is -1.96. The lowest BCUT2D eigenvalue weighted by molar-refractivity contribution is -0.142. The number of cyclic esters (lactones) is 1. The van der Waals surface area contributed by atoms with E-state index in [0.717, 1.165) is 12.8 Å². The van der Waals surface area contributed by atoms with Gasteiger partial charge >= 0.3 is 5.97 Å². The van der Waals surface area contributed by atoms with E-state index in [1.54, 1.807) is 0 Å². The predicted octanol–water partition coefficient (Wildman–Crippen LogP) is 1.66. The topological polar surface area (TPSA) is 26.3 Å². The molecule has 0 N–H and O–H groups in total. The van der Waals surface area contributed by atoms with Gasteiger partial charge in [-0.1, -0.05) is 11.6 Å². The van der Waals surface area contributed by atoms with Gasteiger partial charge in [-0.3, -0.25) is 4.79 Å². The Labute approximate surface area is 60.9 Å². The monoisotopic (exact) mass is 140 g/mol. The Balaban J connectivity index is 2.54. The maximum Gasteiger partial charge on any atom is 0.309 e. The number of esters is 1. The van der Waals surface area contributed by atoms with Gasteiger partial charge in [-0.05, 0) is 19.8 Å². The van der Waals surface area contributed by atoms with Crippen molar-refractivity contribution in [2.24, 2.45) is 0 Å². The molecule has 0 radical (unpaired) electrons. The van der Waals surface area contributed by atoms with Gasteiger partial charge in [-0.2, -0.15) is 0 Å². The first kappa shape index (κ1) is 7.32. The summed E-state index contributed by atoms with van der Waals surface area (Å²) >= 11 is 0. The zero-order chi connectivity index (χ0) is 7.40. The zero-order valence-corrected chi connectivity index (χ0v) is 6.22. The molecule has 1 heterocycles. The molecule has 1 fully saturated rings. The Bertz CT molecular complexity index is 159. The number of ether oxygens (including phenoxy) is 1. The van der Waals surface area contributed by atoms with E-state index >= 15 is 0 Å². The van der Waals surface area contributed by atoms with Crippen molar-refractivity contribution in [3.05, 3.63) is 11.6 Å². The largest absolute Gasteiger partial charge is 0.465 e. The molecule has 0 aliphatic carbocycles. The standard InChI is InChI=1S/C8H12O2/c1-2-7-4-3-5-10-8(9)6-7/h2H,3-6H2,1H3/b7-2-. The molecule has 1 rings (SSSR count). The van der Waals surface area contributed by atoms with Crippen molar-refractivity contribution in [2.45, 2.75) is 26.2 Å². The van der Waals surface area contributed by atoms with Crippen molar-refractivity contribution < 1.29 is 9.53 Å². The van der Waals surface area contributed by atoms with Gasteiger partial charge in [0.25, 0.3) is 0 Å². The van der Waals surface area contributed by atoms with Crippen LogP contribution in [0.5, 0.6) is 0 Å². The highest BCUT2D eigenvalue weighted by Crippen LogP contribution is 2.14. The Morgan fingerprint density at radius 3 is 3.10 bits per heavy atom. The molecule has 10 heavy (non-hydrogen) atoms. The molecule has 1 aliphatic rings. The first-order chi connectivity index (χ1) is 4.83. The van der Waals surface area contributed by atoms with Crippen molar-refractivity contribution in [3.63, 3.8) is 0 Å². The van der Waals surface area contributed by atoms with Gasteiger partial charge in [-0.15, -0.1) is 0 Å². The molecule has 0 spiro atoms. The summed E-state index contributed by atoms with van der Waals surface area (Å²) in [7, 11) is 0. The lowest BCUT2D eigenvalue weighted by atomic mass is 10.1. The number of hydrogen-bond donors (Lipinski definition) is 0. The van der Waals surface area contributed by atoms with Crippen LogP contribution in [0.25, 0.3) is 0 Å². The highest BCUT2D eigenvalue weighted by molar-refractivity contribution is 5.72. The van der Waals surface area contributed by atoms with Gasteiger partial charge in [0.05, 0.1) is 13.0 Å². The molecule has 0 aromatic rings. The number of carbonyl (C=O) groups is 1. The molecule has 0 aromatic heterocycles. The van der Waals surface area contributed by atoms with Crippen LogP contribution in [0.2, 0.25) is 0 Å². The third-order valence-electron chi connectivity index (χ3n) is 1.68. The summed E-state index contributed by atoms with van der Waals surface area (Å²) in [6.07, 6.45) is 4.50. The van der Waals surface area contributed by atoms with Crippen molar-refractivity contribution in [1.29, 1.82) is 0 Å². The third kappa shape index (κ3) is 1.87. The van der Waals surface area contributed by atoms with Crippen LogP contribution in [0.1, 0.15) is 26.2 Å². The van der Waals surface area contributed by atoms with Crippen molar-refractivity contribution in [1.82, 2.24) is 0 Å². The van der Waals surface area contributed by atoms with Crippen LogP contribution in [0, 0.1) is 0 Å². The molecule has 0 aromatic carbocycles. The maximum atomic E-state index is 10.8. The van der Waals surface area contributed by atoms with Crippen molar-refractivity contribution >= 4 is 5.97 Å². The lowest BCUT2D eigenvalue weighted by Crippen LogP contribution is -2.01. The molecule has 0 amide bonds. The van der Waals surface area contributed by atoms with Crippen molar-refractivity contribution in [3.8, 4) is 0 Å². The highest BCUT2D eigenvalue weighted by atomic mass is 16.5. The molecular weight excluding hydrogens is 128 g/mol. The van der Waals surface area contributed by atoms with Crippen LogP contribution in [0.15, 0.2) is 11.6 Å². The molecule has 56 valence electrons. The maximum absolute atomic E-state index is 10.8. The summed E-state index contributed by atoms with van der Waals surface area (Å²) in [5, 5.41) is 0. The Hall–Kier alpha value is -0.790. The van der Waals surface area contributed by atoms with E-state index in [-0.39, 0.29) is 5.97 Å². The van der Waals surface area contributed by atoms with Gasteiger partial charge in [0.15, 0.2) is 0 Å². The number of allylic oxidation sites excluding steroid dienone is 1. The third-order valence-corrected chi connectivity index (χ3v) is 1.68. The van der Waals surface area contributed by atoms with E-state index in [4.69, 9.17) is 4.74 Å². The minimum absolute atomic E-state index is 0.0781. The van der Waals surface area contributed by atoms with Crippen LogP contribution in [0.4, 0.5) is 0 Å². The smallest absolute Gasteiger partial charge is 0.309 e. The van der Waals surface area contributed by atoms with E-state index < -0.39 is 0 Å². The molecule has 0 unspecified atom stereocenters. The molecule has 2 nitrogen and oxygen atoms in total. The van der Waals surface area contributed by atoms with Crippen LogP contribution >= 0.6 is 0 Å². The van der Waals surface area contributed by atoms with Gasteiger partial charge in [-0.25, -0.2) is 0 Å². The van der Waals surface area contributed by atoms with E-state index in [2.05, 4.69) is 0 Å². The Morgan fingerprint density at radius 1 is 1.60 bits per heavy atom. The summed E-state index contributed by atoms with van der Waals surface area (Å²) in [5.41, 5.74) is 1.21. The molecular formula is C8H12O2. The summed E-state index contributed by atoms with van der Waals surface area (Å²) < 4.78 is 4.86. The van der Waals surface area contributed by atoms with Crippen molar-refractivity contribution in [2.75, 3.05) is 6.61 Å². The quantitative estimate of drug-likeness (QED) is 0.378. The molecule has 1 aliphatic heterocycles. The summed E-state index contributed by atoms with van der Waals surface area (Å²) in [5.74, 6) is -0.0781. The van der Waals surface area contributed by atoms with E-state index in [9.17, 15) is 4.79 Å². The van der Waals surface area contributed by atoms with Crippen LogP contribution in [-0.2, 0) is 9.53 Å². The number of carbonyl (C=O) groups excluding carboxylic acids is 1. The molecule has 2 heteroatoms. The second-order valence-corrected chi connectivity index (χ2v) is 2.45. The van der Waals surface area contributed by atoms with Crippen LogP contribution in [-0.4, -0.2) is 12.6 Å². The zero-order valence-electron chi connectivity index (χ0n) is 6.22. The molecule has 0 bridgehead atoms. The summed E-state index contributed by atoms with van der Waals surface area (Å²) in [6.45, 7) is 2.56. The van der Waals surface area contributed by atoms with E-state index in [1.165, 1.54) is 5.57 Å². The van der Waals surface area contributed by atoms with Gasteiger partial charge in [0.2, 0.25) is 0 Å². The minimum atomic E-state index is -0.0781. The fraction of sp³-hybridized carbons (Fsp3) is 0.625.